The molecule has 7 nitrogen and oxygen atoms in total. The highest BCUT2D eigenvalue weighted by molar-refractivity contribution is 5.96. The monoisotopic (exact) mass is 374 g/mol. The fraction of sp³-hybridized carbons (Fsp3) is 0.600. The summed E-state index contributed by atoms with van der Waals surface area (Å²) in [6, 6.07) is 5.90. The third-order valence-electron chi connectivity index (χ3n) is 5.26. The Kier molecular flexibility index (Phi) is 6.34. The lowest BCUT2D eigenvalue weighted by Gasteiger charge is -2.37. The van der Waals surface area contributed by atoms with E-state index in [2.05, 4.69) is 20.4 Å². The van der Waals surface area contributed by atoms with Gasteiger partial charge in [0.2, 0.25) is 11.8 Å². The minimum atomic E-state index is -0.238. The van der Waals surface area contributed by atoms with E-state index in [0.29, 0.717) is 24.0 Å². The van der Waals surface area contributed by atoms with E-state index in [1.165, 1.54) is 0 Å². The Morgan fingerprint density at radius 3 is 2.56 bits per heavy atom. The summed E-state index contributed by atoms with van der Waals surface area (Å²) in [5, 5.41) is 6.01. The lowest BCUT2D eigenvalue weighted by molar-refractivity contribution is -0.124. The third-order valence-corrected chi connectivity index (χ3v) is 5.26. The highest BCUT2D eigenvalue weighted by Crippen LogP contribution is 2.25. The topological polar surface area (TPSA) is 73.9 Å². The van der Waals surface area contributed by atoms with Crippen molar-refractivity contribution >= 4 is 17.5 Å². The molecule has 1 atom stereocenters. The molecule has 1 heterocycles. The van der Waals surface area contributed by atoms with Gasteiger partial charge < -0.3 is 15.4 Å². The molecule has 1 aliphatic carbocycles. The number of piperazine rings is 1. The van der Waals surface area contributed by atoms with Crippen LogP contribution in [0.4, 0.5) is 5.69 Å². The second-order valence-electron chi connectivity index (χ2n) is 7.52. The van der Waals surface area contributed by atoms with Gasteiger partial charge in [-0.3, -0.25) is 19.4 Å². The predicted octanol–water partition coefficient (Wildman–Crippen LogP) is 1.23. The SMILES string of the molecule is COc1ccc(C)cc1NC(=O)[C@@H](C)N1CCN(CC(=O)NC2CC2)CC1. The van der Waals surface area contributed by atoms with Crippen LogP contribution in [0.1, 0.15) is 25.3 Å². The van der Waals surface area contributed by atoms with Gasteiger partial charge >= 0.3 is 0 Å². The number of hydrogen-bond acceptors (Lipinski definition) is 5. The van der Waals surface area contributed by atoms with E-state index in [9.17, 15) is 9.59 Å². The molecule has 2 fully saturated rings. The first-order valence-corrected chi connectivity index (χ1v) is 9.67. The molecule has 1 saturated heterocycles. The normalized spacial score (nSPS) is 19.4. The summed E-state index contributed by atoms with van der Waals surface area (Å²) in [6.45, 7) is 7.50. The average Bonchev–Trinajstić information content (AvgIpc) is 3.45. The lowest BCUT2D eigenvalue weighted by atomic mass is 10.1. The standard InChI is InChI=1S/C20H30N4O3/c1-14-4-7-18(27-3)17(12-14)22-20(26)15(2)24-10-8-23(9-11-24)13-19(25)21-16-5-6-16/h4,7,12,15-16H,5-6,8-11,13H2,1-3H3,(H,21,25)(H,22,26)/t15-/m1/s1. The van der Waals surface area contributed by atoms with Crippen LogP contribution >= 0.6 is 0 Å². The maximum atomic E-state index is 12.7. The maximum Gasteiger partial charge on any atom is 0.241 e. The molecular weight excluding hydrogens is 344 g/mol. The summed E-state index contributed by atoms with van der Waals surface area (Å²) >= 11 is 0. The van der Waals surface area contributed by atoms with E-state index in [1.807, 2.05) is 32.0 Å². The van der Waals surface area contributed by atoms with Gasteiger partial charge in [-0.05, 0) is 44.4 Å². The summed E-state index contributed by atoms with van der Waals surface area (Å²) in [6.07, 6.45) is 2.22. The number of anilines is 1. The Balaban J connectivity index is 1.48. The molecule has 1 aromatic carbocycles. The Morgan fingerprint density at radius 1 is 1.22 bits per heavy atom. The molecule has 1 saturated carbocycles. The molecule has 3 rings (SSSR count). The number of carbonyl (C=O) groups excluding carboxylic acids is 2. The van der Waals surface area contributed by atoms with E-state index < -0.39 is 0 Å². The number of hydrogen-bond donors (Lipinski definition) is 2. The molecule has 7 heteroatoms. The van der Waals surface area contributed by atoms with Crippen LogP contribution in [0.2, 0.25) is 0 Å². The number of ether oxygens (including phenoxy) is 1. The quantitative estimate of drug-likeness (QED) is 0.751. The maximum absolute atomic E-state index is 12.7. The molecule has 0 radical (unpaired) electrons. The van der Waals surface area contributed by atoms with Gasteiger partial charge in [-0.15, -0.1) is 0 Å². The number of nitrogens with zero attached hydrogens (tertiary/aromatic N) is 2. The van der Waals surface area contributed by atoms with Gasteiger partial charge in [-0.2, -0.15) is 0 Å². The minimum Gasteiger partial charge on any atom is -0.495 e. The van der Waals surface area contributed by atoms with Crippen molar-refractivity contribution < 1.29 is 14.3 Å². The predicted molar refractivity (Wildman–Crippen MR) is 105 cm³/mol. The fourth-order valence-corrected chi connectivity index (χ4v) is 3.34. The first-order chi connectivity index (χ1) is 13.0. The molecule has 0 unspecified atom stereocenters. The molecule has 27 heavy (non-hydrogen) atoms. The Morgan fingerprint density at radius 2 is 1.93 bits per heavy atom. The van der Waals surface area contributed by atoms with Crippen molar-refractivity contribution in [2.75, 3.05) is 45.2 Å². The first kappa shape index (κ1) is 19.6. The van der Waals surface area contributed by atoms with Gasteiger partial charge in [0.15, 0.2) is 0 Å². The number of methoxy groups -OCH3 is 1. The van der Waals surface area contributed by atoms with Crippen molar-refractivity contribution in [1.82, 2.24) is 15.1 Å². The largest absolute Gasteiger partial charge is 0.495 e. The van der Waals surface area contributed by atoms with Gasteiger partial charge in [0.25, 0.3) is 0 Å². The first-order valence-electron chi connectivity index (χ1n) is 9.67. The van der Waals surface area contributed by atoms with Crippen molar-refractivity contribution in [3.05, 3.63) is 23.8 Å². The molecule has 0 aromatic heterocycles. The van der Waals surface area contributed by atoms with Crippen LogP contribution in [0.15, 0.2) is 18.2 Å². The minimum absolute atomic E-state index is 0.0428. The molecule has 148 valence electrons. The van der Waals surface area contributed by atoms with Crippen LogP contribution in [-0.2, 0) is 9.59 Å². The zero-order chi connectivity index (χ0) is 19.4. The van der Waals surface area contributed by atoms with Gasteiger partial charge in [0.1, 0.15) is 5.75 Å². The highest BCUT2D eigenvalue weighted by atomic mass is 16.5. The fourth-order valence-electron chi connectivity index (χ4n) is 3.34. The number of carbonyl (C=O) groups is 2. The van der Waals surface area contributed by atoms with Crippen molar-refractivity contribution in [3.63, 3.8) is 0 Å². The van der Waals surface area contributed by atoms with E-state index in [-0.39, 0.29) is 17.9 Å². The Hall–Kier alpha value is -2.12. The third kappa shape index (κ3) is 5.43. The number of amides is 2. The summed E-state index contributed by atoms with van der Waals surface area (Å²) in [5.41, 5.74) is 1.77. The van der Waals surface area contributed by atoms with Gasteiger partial charge in [0, 0.05) is 32.2 Å². The molecule has 2 amide bonds. The second kappa shape index (κ2) is 8.71. The molecule has 0 spiro atoms. The molecule has 0 bridgehead atoms. The highest BCUT2D eigenvalue weighted by Gasteiger charge is 2.28. The Bertz CT molecular complexity index is 682. The van der Waals surface area contributed by atoms with Crippen LogP contribution in [0.3, 0.4) is 0 Å². The smallest absolute Gasteiger partial charge is 0.241 e. The van der Waals surface area contributed by atoms with Crippen LogP contribution in [0, 0.1) is 6.92 Å². The van der Waals surface area contributed by atoms with Crippen LogP contribution in [0.5, 0.6) is 5.75 Å². The molecule has 2 N–H and O–H groups in total. The van der Waals surface area contributed by atoms with Gasteiger partial charge in [0.05, 0.1) is 25.4 Å². The van der Waals surface area contributed by atoms with E-state index in [4.69, 9.17) is 4.74 Å². The number of benzene rings is 1. The van der Waals surface area contributed by atoms with Crippen LogP contribution in [0.25, 0.3) is 0 Å². The van der Waals surface area contributed by atoms with Crippen LogP contribution in [-0.4, -0.2) is 73.5 Å². The Labute approximate surface area is 161 Å². The zero-order valence-electron chi connectivity index (χ0n) is 16.5. The van der Waals surface area contributed by atoms with Crippen molar-refractivity contribution in [2.24, 2.45) is 0 Å². The van der Waals surface area contributed by atoms with Gasteiger partial charge in [-0.1, -0.05) is 6.07 Å². The molecule has 1 aliphatic heterocycles. The molecular formula is C20H30N4O3. The molecule has 2 aliphatic rings. The lowest BCUT2D eigenvalue weighted by Crippen LogP contribution is -2.54. The van der Waals surface area contributed by atoms with E-state index in [0.717, 1.165) is 44.6 Å². The van der Waals surface area contributed by atoms with E-state index in [1.54, 1.807) is 7.11 Å². The average molecular weight is 374 g/mol. The van der Waals surface area contributed by atoms with Crippen molar-refractivity contribution in [1.29, 1.82) is 0 Å². The summed E-state index contributed by atoms with van der Waals surface area (Å²) in [7, 11) is 1.60. The van der Waals surface area contributed by atoms with Crippen molar-refractivity contribution in [2.45, 2.75) is 38.8 Å². The summed E-state index contributed by atoms with van der Waals surface area (Å²) < 4.78 is 5.34. The zero-order valence-corrected chi connectivity index (χ0v) is 16.5. The second-order valence-corrected chi connectivity index (χ2v) is 7.52. The van der Waals surface area contributed by atoms with Crippen LogP contribution < -0.4 is 15.4 Å². The molecule has 1 aromatic rings. The van der Waals surface area contributed by atoms with Gasteiger partial charge in [-0.25, -0.2) is 0 Å². The number of nitrogens with one attached hydrogen (secondary N) is 2. The number of rotatable bonds is 7. The summed E-state index contributed by atoms with van der Waals surface area (Å²) in [5.74, 6) is 0.731. The number of aryl methyl sites for hydroxylation is 1. The van der Waals surface area contributed by atoms with Crippen molar-refractivity contribution in [3.8, 4) is 5.75 Å². The summed E-state index contributed by atoms with van der Waals surface area (Å²) in [4.78, 5) is 28.9. The van der Waals surface area contributed by atoms with E-state index >= 15 is 0 Å².